The highest BCUT2D eigenvalue weighted by molar-refractivity contribution is 6.37. The summed E-state index contributed by atoms with van der Waals surface area (Å²) in [5.41, 5.74) is 0.713. The number of ketones is 1. The molecule has 0 bridgehead atoms. The predicted octanol–water partition coefficient (Wildman–Crippen LogP) is 4.25. The van der Waals surface area contributed by atoms with Gasteiger partial charge in [0, 0.05) is 5.56 Å². The molecule has 0 radical (unpaired) electrons. The third-order valence-corrected chi connectivity index (χ3v) is 3.63. The van der Waals surface area contributed by atoms with Crippen molar-refractivity contribution in [2.24, 2.45) is 0 Å². The van der Waals surface area contributed by atoms with Crippen LogP contribution in [0.15, 0.2) is 48.0 Å². The fourth-order valence-corrected chi connectivity index (χ4v) is 2.61. The Bertz CT molecular complexity index is 863. The molecule has 0 aliphatic rings. The molecule has 126 valence electrons. The maximum atomic E-state index is 12.3. The summed E-state index contributed by atoms with van der Waals surface area (Å²) in [6.45, 7) is -0.593. The molecule has 2 aromatic rings. The number of nitrogens with zero attached hydrogens (tertiary/aromatic N) is 1. The summed E-state index contributed by atoms with van der Waals surface area (Å²) in [6.07, 6.45) is 1.36. The van der Waals surface area contributed by atoms with E-state index < -0.39 is 18.4 Å². The highest BCUT2D eigenvalue weighted by Gasteiger charge is 2.14. The number of carboxylic acids is 1. The number of Topliss-reactive ketones (excluding diaryl/α,β-unsaturated/α-hetero) is 1. The van der Waals surface area contributed by atoms with Gasteiger partial charge in [0.2, 0.25) is 5.78 Å². The minimum absolute atomic E-state index is 0.0239. The standard InChI is InChI=1S/C18H11Cl2NO4/c19-14-7-11(8-15(20)18(14)25-10-16(22)23)6-13(9-21)17(24)12-4-2-1-3-5-12/h1-8H,10H2,(H,22,23)/b13-6+. The average molecular weight is 376 g/mol. The van der Waals surface area contributed by atoms with Crippen molar-refractivity contribution in [3.05, 3.63) is 69.2 Å². The second-order valence-electron chi connectivity index (χ2n) is 4.86. The largest absolute Gasteiger partial charge is 0.479 e. The number of aliphatic carboxylic acids is 1. The Labute approximate surface area is 153 Å². The molecule has 2 aromatic carbocycles. The van der Waals surface area contributed by atoms with Gasteiger partial charge in [-0.2, -0.15) is 5.26 Å². The molecule has 0 aromatic heterocycles. The Morgan fingerprint density at radius 1 is 1.16 bits per heavy atom. The second kappa shape index (κ2) is 8.34. The third kappa shape index (κ3) is 4.83. The van der Waals surface area contributed by atoms with Gasteiger partial charge < -0.3 is 9.84 Å². The highest BCUT2D eigenvalue weighted by atomic mass is 35.5. The molecular formula is C18H11Cl2NO4. The van der Waals surface area contributed by atoms with Crippen LogP contribution in [0.5, 0.6) is 5.75 Å². The number of benzene rings is 2. The van der Waals surface area contributed by atoms with Crippen molar-refractivity contribution in [2.45, 2.75) is 0 Å². The maximum Gasteiger partial charge on any atom is 0.341 e. The quantitative estimate of drug-likeness (QED) is 0.463. The van der Waals surface area contributed by atoms with Crippen LogP contribution in [0, 0.1) is 11.3 Å². The highest BCUT2D eigenvalue weighted by Crippen LogP contribution is 2.35. The van der Waals surface area contributed by atoms with Gasteiger partial charge in [0.15, 0.2) is 12.4 Å². The zero-order chi connectivity index (χ0) is 18.4. The van der Waals surface area contributed by atoms with Crippen molar-refractivity contribution in [3.63, 3.8) is 0 Å². The first-order valence-electron chi connectivity index (χ1n) is 6.97. The molecule has 0 heterocycles. The first-order chi connectivity index (χ1) is 11.9. The number of carbonyl (C=O) groups is 2. The van der Waals surface area contributed by atoms with E-state index in [0.717, 1.165) is 0 Å². The molecule has 0 aliphatic carbocycles. The van der Waals surface area contributed by atoms with Gasteiger partial charge in [0.1, 0.15) is 11.6 Å². The fraction of sp³-hybridized carbons (Fsp3) is 0.0556. The van der Waals surface area contributed by atoms with Crippen molar-refractivity contribution < 1.29 is 19.4 Å². The molecule has 0 unspecified atom stereocenters. The predicted molar refractivity (Wildman–Crippen MR) is 94.0 cm³/mol. The number of carboxylic acid groups (broad SMARTS) is 1. The lowest BCUT2D eigenvalue weighted by molar-refractivity contribution is -0.139. The molecule has 0 saturated heterocycles. The number of halogens is 2. The first kappa shape index (κ1) is 18.5. The summed E-state index contributed by atoms with van der Waals surface area (Å²) >= 11 is 12.1. The monoisotopic (exact) mass is 375 g/mol. The summed E-state index contributed by atoms with van der Waals surface area (Å²) in [6, 6.07) is 13.1. The Hall–Kier alpha value is -2.81. The maximum absolute atomic E-state index is 12.3. The summed E-state index contributed by atoms with van der Waals surface area (Å²) in [4.78, 5) is 22.9. The van der Waals surface area contributed by atoms with Crippen molar-refractivity contribution in [1.82, 2.24) is 0 Å². The zero-order valence-electron chi connectivity index (χ0n) is 12.7. The summed E-state index contributed by atoms with van der Waals surface area (Å²) in [7, 11) is 0. The third-order valence-electron chi connectivity index (χ3n) is 3.07. The fourth-order valence-electron chi connectivity index (χ4n) is 1.99. The smallest absolute Gasteiger partial charge is 0.341 e. The molecular weight excluding hydrogens is 365 g/mol. The van der Waals surface area contributed by atoms with Gasteiger partial charge in [-0.25, -0.2) is 4.79 Å². The molecule has 0 amide bonds. The van der Waals surface area contributed by atoms with Crippen LogP contribution in [-0.4, -0.2) is 23.5 Å². The van der Waals surface area contributed by atoms with E-state index in [1.54, 1.807) is 30.3 Å². The van der Waals surface area contributed by atoms with Gasteiger partial charge in [-0.15, -0.1) is 0 Å². The van der Waals surface area contributed by atoms with E-state index >= 15 is 0 Å². The molecule has 0 aliphatic heterocycles. The minimum Gasteiger partial charge on any atom is -0.479 e. The Kier molecular flexibility index (Phi) is 6.18. The van der Waals surface area contributed by atoms with E-state index in [9.17, 15) is 14.9 Å². The second-order valence-corrected chi connectivity index (χ2v) is 5.68. The number of nitriles is 1. The SMILES string of the molecule is N#C/C(=C\c1cc(Cl)c(OCC(=O)O)c(Cl)c1)C(=O)c1ccccc1. The van der Waals surface area contributed by atoms with Crippen molar-refractivity contribution in [2.75, 3.05) is 6.61 Å². The van der Waals surface area contributed by atoms with Crippen LogP contribution >= 0.6 is 23.2 Å². The molecule has 2 rings (SSSR count). The average Bonchev–Trinajstić information content (AvgIpc) is 2.59. The van der Waals surface area contributed by atoms with Gasteiger partial charge in [-0.05, 0) is 23.8 Å². The van der Waals surface area contributed by atoms with Crippen LogP contribution in [0.1, 0.15) is 15.9 Å². The van der Waals surface area contributed by atoms with Crippen LogP contribution in [-0.2, 0) is 4.79 Å². The molecule has 5 nitrogen and oxygen atoms in total. The lowest BCUT2D eigenvalue weighted by Crippen LogP contribution is -2.10. The minimum atomic E-state index is -1.17. The van der Waals surface area contributed by atoms with Crippen LogP contribution in [0.25, 0.3) is 6.08 Å². The molecule has 0 fully saturated rings. The van der Waals surface area contributed by atoms with Crippen LogP contribution in [0.4, 0.5) is 0 Å². The van der Waals surface area contributed by atoms with E-state index in [1.165, 1.54) is 18.2 Å². The molecule has 25 heavy (non-hydrogen) atoms. The van der Waals surface area contributed by atoms with E-state index in [2.05, 4.69) is 0 Å². The summed E-state index contributed by atoms with van der Waals surface area (Å²) in [5.74, 6) is -1.58. The van der Waals surface area contributed by atoms with E-state index in [4.69, 9.17) is 33.0 Å². The van der Waals surface area contributed by atoms with Gasteiger partial charge in [-0.1, -0.05) is 53.5 Å². The molecule has 7 heteroatoms. The van der Waals surface area contributed by atoms with Crippen LogP contribution < -0.4 is 4.74 Å². The van der Waals surface area contributed by atoms with Crippen LogP contribution in [0.2, 0.25) is 10.0 Å². The van der Waals surface area contributed by atoms with Crippen molar-refractivity contribution >= 4 is 41.0 Å². The topological polar surface area (TPSA) is 87.4 Å². The summed E-state index contributed by atoms with van der Waals surface area (Å²) in [5, 5.41) is 18.0. The molecule has 1 N–H and O–H groups in total. The van der Waals surface area contributed by atoms with Gasteiger partial charge in [-0.3, -0.25) is 4.79 Å². The number of carbonyl (C=O) groups excluding carboxylic acids is 1. The van der Waals surface area contributed by atoms with Gasteiger partial charge in [0.05, 0.1) is 10.0 Å². The molecule has 0 spiro atoms. The number of rotatable bonds is 6. The Morgan fingerprint density at radius 3 is 2.28 bits per heavy atom. The lowest BCUT2D eigenvalue weighted by Gasteiger charge is -2.09. The number of hydrogen-bond donors (Lipinski definition) is 1. The van der Waals surface area contributed by atoms with Crippen molar-refractivity contribution in [3.8, 4) is 11.8 Å². The Balaban J connectivity index is 2.34. The zero-order valence-corrected chi connectivity index (χ0v) is 14.2. The Morgan fingerprint density at radius 2 is 1.76 bits per heavy atom. The summed E-state index contributed by atoms with van der Waals surface area (Å²) < 4.78 is 5.02. The number of allylic oxidation sites excluding steroid dienone is 1. The van der Waals surface area contributed by atoms with Gasteiger partial charge >= 0.3 is 5.97 Å². The van der Waals surface area contributed by atoms with Gasteiger partial charge in [0.25, 0.3) is 0 Å². The van der Waals surface area contributed by atoms with E-state index in [1.807, 2.05) is 6.07 Å². The van der Waals surface area contributed by atoms with Crippen molar-refractivity contribution in [1.29, 1.82) is 5.26 Å². The molecule has 0 atom stereocenters. The van der Waals surface area contributed by atoms with E-state index in [0.29, 0.717) is 11.1 Å². The number of hydrogen-bond acceptors (Lipinski definition) is 4. The van der Waals surface area contributed by atoms with E-state index in [-0.39, 0.29) is 21.4 Å². The number of ether oxygens (including phenoxy) is 1. The van der Waals surface area contributed by atoms with Crippen LogP contribution in [0.3, 0.4) is 0 Å². The normalized spacial score (nSPS) is 10.8. The molecule has 0 saturated carbocycles. The lowest BCUT2D eigenvalue weighted by atomic mass is 10.0. The first-order valence-corrected chi connectivity index (χ1v) is 7.73.